The first-order valence-corrected chi connectivity index (χ1v) is 11.3. The summed E-state index contributed by atoms with van der Waals surface area (Å²) in [6, 6.07) is 17.5. The summed E-state index contributed by atoms with van der Waals surface area (Å²) in [4.78, 5) is 22.6. The predicted molar refractivity (Wildman–Crippen MR) is 132 cm³/mol. The number of carbonyl (C=O) groups is 1. The van der Waals surface area contributed by atoms with E-state index in [0.717, 1.165) is 34.2 Å². The summed E-state index contributed by atoms with van der Waals surface area (Å²) in [5.41, 5.74) is 1.38. The molecule has 1 heterocycles. The molecule has 0 N–H and O–H groups in total. The highest BCUT2D eigenvalue weighted by atomic mass is 32.1. The Balaban J connectivity index is 1.81. The molecule has 0 aliphatic rings. The van der Waals surface area contributed by atoms with Crippen molar-refractivity contribution in [2.75, 3.05) is 46.3 Å². The van der Waals surface area contributed by atoms with E-state index in [2.05, 4.69) is 4.90 Å². The standard InChI is InChI=1S/C25H27N3O3S/c1-27(2)15-8-16-28(24(29)19-12-7-10-17-9-5-6-11-18(17)19)25-26-22-20(30-3)13-14-21(31-4)23(22)32-25/h5-7,9-14H,8,15-16H2,1-4H3. The molecule has 0 spiro atoms. The average Bonchev–Trinajstić information content (AvgIpc) is 3.25. The van der Waals surface area contributed by atoms with Gasteiger partial charge in [-0.2, -0.15) is 0 Å². The molecule has 0 aliphatic carbocycles. The quantitative estimate of drug-likeness (QED) is 0.376. The Kier molecular flexibility index (Phi) is 6.58. The number of benzene rings is 3. The van der Waals surface area contributed by atoms with Gasteiger partial charge in [0.05, 0.1) is 14.2 Å². The van der Waals surface area contributed by atoms with E-state index in [4.69, 9.17) is 14.5 Å². The molecule has 32 heavy (non-hydrogen) atoms. The number of ether oxygens (including phenoxy) is 2. The van der Waals surface area contributed by atoms with Gasteiger partial charge in [-0.1, -0.05) is 47.7 Å². The molecule has 0 fully saturated rings. The molecule has 0 unspecified atom stereocenters. The third-order valence-corrected chi connectivity index (χ3v) is 6.48. The number of carbonyl (C=O) groups excluding carboxylic acids is 1. The molecule has 6 nitrogen and oxygen atoms in total. The number of thiazole rings is 1. The Hall–Kier alpha value is -3.16. The number of nitrogens with zero attached hydrogens (tertiary/aromatic N) is 3. The SMILES string of the molecule is COc1ccc(OC)c2sc(N(CCCN(C)C)C(=O)c3cccc4ccccc34)nc12. The first kappa shape index (κ1) is 22.0. The fourth-order valence-electron chi connectivity index (χ4n) is 3.78. The van der Waals surface area contributed by atoms with Gasteiger partial charge in [0, 0.05) is 12.1 Å². The van der Waals surface area contributed by atoms with Crippen molar-refractivity contribution >= 4 is 43.4 Å². The van der Waals surface area contributed by atoms with Gasteiger partial charge in [-0.25, -0.2) is 4.98 Å². The lowest BCUT2D eigenvalue weighted by Crippen LogP contribution is -2.33. The number of amides is 1. The Bertz CT molecular complexity index is 1210. The van der Waals surface area contributed by atoms with Gasteiger partial charge in [0.1, 0.15) is 21.7 Å². The molecule has 4 rings (SSSR count). The van der Waals surface area contributed by atoms with Crippen molar-refractivity contribution in [3.63, 3.8) is 0 Å². The van der Waals surface area contributed by atoms with Crippen LogP contribution < -0.4 is 14.4 Å². The number of methoxy groups -OCH3 is 2. The molecule has 0 saturated heterocycles. The first-order chi connectivity index (χ1) is 15.5. The van der Waals surface area contributed by atoms with Crippen molar-refractivity contribution in [3.05, 3.63) is 60.2 Å². The van der Waals surface area contributed by atoms with E-state index >= 15 is 0 Å². The summed E-state index contributed by atoms with van der Waals surface area (Å²) in [6.45, 7) is 1.43. The van der Waals surface area contributed by atoms with Crippen LogP contribution in [-0.4, -0.2) is 57.2 Å². The average molecular weight is 450 g/mol. The van der Waals surface area contributed by atoms with E-state index in [-0.39, 0.29) is 5.91 Å². The van der Waals surface area contributed by atoms with Crippen LogP contribution in [0.15, 0.2) is 54.6 Å². The van der Waals surface area contributed by atoms with Crippen LogP contribution in [0.1, 0.15) is 16.8 Å². The summed E-state index contributed by atoms with van der Waals surface area (Å²) in [7, 11) is 7.32. The predicted octanol–water partition coefficient (Wildman–Crippen LogP) is 5.07. The van der Waals surface area contributed by atoms with Gasteiger partial charge in [-0.15, -0.1) is 0 Å². The van der Waals surface area contributed by atoms with Crippen molar-refractivity contribution in [2.24, 2.45) is 0 Å². The maximum Gasteiger partial charge on any atom is 0.260 e. The molecule has 0 bridgehead atoms. The van der Waals surface area contributed by atoms with E-state index in [9.17, 15) is 4.79 Å². The van der Waals surface area contributed by atoms with E-state index in [0.29, 0.717) is 28.5 Å². The summed E-state index contributed by atoms with van der Waals surface area (Å²) in [5, 5.41) is 2.62. The molecule has 4 aromatic rings. The van der Waals surface area contributed by atoms with Gasteiger partial charge in [0.15, 0.2) is 5.13 Å². The topological polar surface area (TPSA) is 54.9 Å². The van der Waals surface area contributed by atoms with Crippen molar-refractivity contribution in [2.45, 2.75) is 6.42 Å². The fourth-order valence-corrected chi connectivity index (χ4v) is 4.87. The maximum absolute atomic E-state index is 13.8. The van der Waals surface area contributed by atoms with Crippen LogP contribution in [0.3, 0.4) is 0 Å². The Morgan fingerprint density at radius 1 is 0.938 bits per heavy atom. The molecule has 166 valence electrons. The summed E-state index contributed by atoms with van der Waals surface area (Å²) < 4.78 is 11.9. The molecular formula is C25H27N3O3S. The highest BCUT2D eigenvalue weighted by Crippen LogP contribution is 2.40. The smallest absolute Gasteiger partial charge is 0.260 e. The zero-order valence-electron chi connectivity index (χ0n) is 18.8. The van der Waals surface area contributed by atoms with Gasteiger partial charge in [0.2, 0.25) is 0 Å². The van der Waals surface area contributed by atoms with Crippen molar-refractivity contribution in [3.8, 4) is 11.5 Å². The molecular weight excluding hydrogens is 422 g/mol. The van der Waals surface area contributed by atoms with Gasteiger partial charge in [0.25, 0.3) is 5.91 Å². The Morgan fingerprint density at radius 3 is 2.41 bits per heavy atom. The van der Waals surface area contributed by atoms with Gasteiger partial charge in [-0.3, -0.25) is 9.69 Å². The molecule has 0 aliphatic heterocycles. The first-order valence-electron chi connectivity index (χ1n) is 10.5. The molecule has 1 aromatic heterocycles. The number of aromatic nitrogens is 1. The van der Waals surface area contributed by atoms with E-state index < -0.39 is 0 Å². The Morgan fingerprint density at radius 2 is 1.66 bits per heavy atom. The fraction of sp³-hybridized carbons (Fsp3) is 0.280. The monoisotopic (exact) mass is 449 g/mol. The lowest BCUT2D eigenvalue weighted by molar-refractivity contribution is 0.0987. The normalized spacial score (nSPS) is 11.3. The summed E-state index contributed by atoms with van der Waals surface area (Å²) in [5.74, 6) is 1.32. The molecule has 1 amide bonds. The van der Waals surface area contributed by atoms with Crippen molar-refractivity contribution in [1.82, 2.24) is 9.88 Å². The van der Waals surface area contributed by atoms with Crippen LogP contribution in [0.2, 0.25) is 0 Å². The summed E-state index contributed by atoms with van der Waals surface area (Å²) in [6.07, 6.45) is 0.827. The van der Waals surface area contributed by atoms with Crippen LogP contribution in [0.4, 0.5) is 5.13 Å². The van der Waals surface area contributed by atoms with Crippen LogP contribution in [0.25, 0.3) is 21.0 Å². The molecule has 3 aromatic carbocycles. The van der Waals surface area contributed by atoms with Crippen LogP contribution in [0.5, 0.6) is 11.5 Å². The van der Waals surface area contributed by atoms with E-state index in [1.807, 2.05) is 68.7 Å². The van der Waals surface area contributed by atoms with Crippen LogP contribution >= 0.6 is 11.3 Å². The van der Waals surface area contributed by atoms with E-state index in [1.54, 1.807) is 19.1 Å². The molecule has 0 atom stereocenters. The molecule has 0 radical (unpaired) electrons. The highest BCUT2D eigenvalue weighted by molar-refractivity contribution is 7.22. The number of hydrogen-bond donors (Lipinski definition) is 0. The number of anilines is 1. The third-order valence-electron chi connectivity index (χ3n) is 5.38. The number of rotatable bonds is 8. The second-order valence-electron chi connectivity index (χ2n) is 7.78. The minimum Gasteiger partial charge on any atom is -0.495 e. The lowest BCUT2D eigenvalue weighted by atomic mass is 10.0. The van der Waals surface area contributed by atoms with Gasteiger partial charge < -0.3 is 14.4 Å². The van der Waals surface area contributed by atoms with Crippen molar-refractivity contribution < 1.29 is 14.3 Å². The second-order valence-corrected chi connectivity index (χ2v) is 8.76. The summed E-state index contributed by atoms with van der Waals surface area (Å²) >= 11 is 1.45. The van der Waals surface area contributed by atoms with Gasteiger partial charge in [-0.05, 0) is 56.0 Å². The third kappa shape index (κ3) is 4.26. The number of fused-ring (bicyclic) bond motifs is 2. The largest absolute Gasteiger partial charge is 0.495 e. The molecule has 7 heteroatoms. The molecule has 0 saturated carbocycles. The van der Waals surface area contributed by atoms with Crippen molar-refractivity contribution in [1.29, 1.82) is 0 Å². The maximum atomic E-state index is 13.8. The Labute approximate surface area is 192 Å². The zero-order valence-corrected chi connectivity index (χ0v) is 19.6. The number of hydrogen-bond acceptors (Lipinski definition) is 6. The minimum absolute atomic E-state index is 0.0578. The second kappa shape index (κ2) is 9.54. The highest BCUT2D eigenvalue weighted by Gasteiger charge is 2.24. The zero-order chi connectivity index (χ0) is 22.7. The van der Waals surface area contributed by atoms with Crippen LogP contribution in [-0.2, 0) is 0 Å². The lowest BCUT2D eigenvalue weighted by Gasteiger charge is -2.22. The van der Waals surface area contributed by atoms with Gasteiger partial charge >= 0.3 is 0 Å². The van der Waals surface area contributed by atoms with Crippen LogP contribution in [0, 0.1) is 0 Å². The minimum atomic E-state index is -0.0578. The van der Waals surface area contributed by atoms with E-state index in [1.165, 1.54) is 11.3 Å².